The predicted octanol–water partition coefficient (Wildman–Crippen LogP) is 3.80. The van der Waals surface area contributed by atoms with Gasteiger partial charge in [-0.2, -0.15) is 13.2 Å². The number of rotatable bonds is 2. The number of hydrogen-bond donors (Lipinski definition) is 1. The van der Waals surface area contributed by atoms with Gasteiger partial charge in [0.15, 0.2) is 0 Å². The summed E-state index contributed by atoms with van der Waals surface area (Å²) in [5, 5.41) is 11.0. The molecule has 1 amide bonds. The number of carbonyl (C=O) groups is 1. The van der Waals surface area contributed by atoms with Gasteiger partial charge in [-0.25, -0.2) is 0 Å². The lowest BCUT2D eigenvalue weighted by molar-refractivity contribution is -0.138. The Morgan fingerprint density at radius 2 is 1.96 bits per heavy atom. The zero-order valence-electron chi connectivity index (χ0n) is 15.1. The molecule has 1 N–H and O–H groups in total. The zero-order chi connectivity index (χ0) is 19.4. The van der Waals surface area contributed by atoms with Gasteiger partial charge in [0.25, 0.3) is 0 Å². The van der Waals surface area contributed by atoms with Crippen molar-refractivity contribution in [1.29, 1.82) is 0 Å². The van der Waals surface area contributed by atoms with Crippen molar-refractivity contribution in [2.75, 3.05) is 13.6 Å². The number of hydroxylamine groups is 2. The van der Waals surface area contributed by atoms with Gasteiger partial charge in [-0.05, 0) is 44.9 Å². The van der Waals surface area contributed by atoms with Crippen LogP contribution in [0.15, 0.2) is 17.8 Å². The van der Waals surface area contributed by atoms with Crippen molar-refractivity contribution in [3.05, 3.63) is 34.5 Å². The van der Waals surface area contributed by atoms with Gasteiger partial charge in [-0.15, -0.1) is 0 Å². The second-order valence-corrected chi connectivity index (χ2v) is 7.09. The van der Waals surface area contributed by atoms with Gasteiger partial charge in [0.05, 0.1) is 11.3 Å². The first-order valence-electron chi connectivity index (χ1n) is 8.33. The van der Waals surface area contributed by atoms with Crippen molar-refractivity contribution in [3.8, 4) is 5.75 Å². The molecule has 26 heavy (non-hydrogen) atoms. The summed E-state index contributed by atoms with van der Waals surface area (Å²) in [6, 6.07) is 2.27. The molecule has 0 spiro atoms. The maximum atomic E-state index is 13.4. The van der Waals surface area contributed by atoms with Gasteiger partial charge in [-0.1, -0.05) is 0 Å². The average Bonchev–Trinajstić information content (AvgIpc) is 2.89. The molecular weight excluding hydrogens is 349 g/mol. The van der Waals surface area contributed by atoms with E-state index in [1.54, 1.807) is 13.8 Å². The molecule has 8 heteroatoms. The fourth-order valence-electron chi connectivity index (χ4n) is 3.79. The third kappa shape index (κ3) is 2.82. The molecule has 2 aliphatic rings. The van der Waals surface area contributed by atoms with Crippen LogP contribution in [0.2, 0.25) is 0 Å². The highest BCUT2D eigenvalue weighted by Gasteiger charge is 2.44. The van der Waals surface area contributed by atoms with Crippen LogP contribution in [-0.4, -0.2) is 40.3 Å². The van der Waals surface area contributed by atoms with Crippen LogP contribution in [0.5, 0.6) is 5.75 Å². The Labute approximate surface area is 149 Å². The molecule has 0 unspecified atom stereocenters. The summed E-state index contributed by atoms with van der Waals surface area (Å²) in [6.07, 6.45) is -3.60. The Hall–Kier alpha value is -2.22. The zero-order valence-corrected chi connectivity index (χ0v) is 15.1. The summed E-state index contributed by atoms with van der Waals surface area (Å²) < 4.78 is 46.1. The topological polar surface area (TPSA) is 53.0 Å². The number of halogens is 3. The maximum absolute atomic E-state index is 13.4. The Balaban J connectivity index is 2.36. The number of likely N-dealkylation sites (N-methyl/N-ethyl adjacent to an activating group) is 1. The minimum absolute atomic E-state index is 0.0282. The van der Waals surface area contributed by atoms with E-state index in [0.29, 0.717) is 19.4 Å². The third-order valence-corrected chi connectivity index (χ3v) is 4.80. The number of nitrogens with zero attached hydrogens (tertiary/aromatic N) is 2. The number of amides is 1. The van der Waals surface area contributed by atoms with Crippen LogP contribution >= 0.6 is 0 Å². The van der Waals surface area contributed by atoms with E-state index in [-0.39, 0.29) is 34.2 Å². The minimum Gasteiger partial charge on any atom is -0.481 e. The fourth-order valence-corrected chi connectivity index (χ4v) is 3.79. The van der Waals surface area contributed by atoms with E-state index in [2.05, 4.69) is 0 Å². The van der Waals surface area contributed by atoms with Gasteiger partial charge in [-0.3, -0.25) is 15.1 Å². The summed E-state index contributed by atoms with van der Waals surface area (Å²) in [5.74, 6) is 0.0839. The molecule has 1 aromatic carbocycles. The molecule has 142 valence electrons. The molecule has 0 saturated carbocycles. The molecule has 1 fully saturated rings. The standard InChI is InChI=1S/C18H21F3N2O3/c1-10-11(18(19,20)21)7-8-12-14(10)15(23-9-5-6-13(23)24)16(22(4)25)17(2,3)26-12/h7-8,25H,5-6,9H2,1-4H3. The van der Waals surface area contributed by atoms with Crippen molar-refractivity contribution in [1.82, 2.24) is 9.96 Å². The van der Waals surface area contributed by atoms with Crippen LogP contribution in [0.25, 0.3) is 5.70 Å². The van der Waals surface area contributed by atoms with Gasteiger partial charge in [0, 0.05) is 25.6 Å². The number of likely N-dealkylation sites (tertiary alicyclic amines) is 1. The molecule has 0 radical (unpaired) electrons. The molecule has 0 atom stereocenters. The SMILES string of the molecule is Cc1c(C(F)(F)F)ccc2c1C(N1CCCC1=O)=C(N(C)O)C(C)(C)O2. The molecule has 0 aromatic heterocycles. The van der Waals surface area contributed by atoms with Crippen LogP contribution < -0.4 is 4.74 Å². The van der Waals surface area contributed by atoms with Gasteiger partial charge in [0.2, 0.25) is 5.91 Å². The number of ether oxygens (including phenoxy) is 1. The normalized spacial score (nSPS) is 19.5. The van der Waals surface area contributed by atoms with Crippen molar-refractivity contribution in [3.63, 3.8) is 0 Å². The van der Waals surface area contributed by atoms with Crippen LogP contribution in [0.3, 0.4) is 0 Å². The Morgan fingerprint density at radius 3 is 2.46 bits per heavy atom. The summed E-state index contributed by atoms with van der Waals surface area (Å²) in [5.41, 5.74) is -1.11. The first-order chi connectivity index (χ1) is 11.9. The largest absolute Gasteiger partial charge is 0.481 e. The Morgan fingerprint density at radius 1 is 1.31 bits per heavy atom. The van der Waals surface area contributed by atoms with Crippen molar-refractivity contribution >= 4 is 11.6 Å². The van der Waals surface area contributed by atoms with Crippen molar-refractivity contribution in [2.45, 2.75) is 45.4 Å². The van der Waals surface area contributed by atoms with E-state index in [9.17, 15) is 23.2 Å². The van der Waals surface area contributed by atoms with Crippen LogP contribution in [-0.2, 0) is 11.0 Å². The number of fused-ring (bicyclic) bond motifs is 1. The summed E-state index contributed by atoms with van der Waals surface area (Å²) >= 11 is 0. The molecule has 3 rings (SSSR count). The van der Waals surface area contributed by atoms with Crippen molar-refractivity contribution < 1.29 is 27.9 Å². The summed E-state index contributed by atoms with van der Waals surface area (Å²) in [6.45, 7) is 5.15. The van der Waals surface area contributed by atoms with Crippen LogP contribution in [0, 0.1) is 6.92 Å². The molecule has 5 nitrogen and oxygen atoms in total. The average molecular weight is 370 g/mol. The van der Waals surface area contributed by atoms with Gasteiger partial charge < -0.3 is 9.64 Å². The highest BCUT2D eigenvalue weighted by atomic mass is 19.4. The molecule has 2 heterocycles. The second-order valence-electron chi connectivity index (χ2n) is 7.09. The van der Waals surface area contributed by atoms with E-state index in [0.717, 1.165) is 11.1 Å². The molecule has 1 aromatic rings. The molecule has 0 bridgehead atoms. The van der Waals surface area contributed by atoms with Crippen LogP contribution in [0.1, 0.15) is 43.4 Å². The summed E-state index contributed by atoms with van der Waals surface area (Å²) in [7, 11) is 1.37. The smallest absolute Gasteiger partial charge is 0.416 e. The number of benzene rings is 1. The first-order valence-corrected chi connectivity index (χ1v) is 8.33. The molecule has 2 aliphatic heterocycles. The van der Waals surface area contributed by atoms with E-state index in [4.69, 9.17) is 4.74 Å². The highest BCUT2D eigenvalue weighted by molar-refractivity contribution is 5.92. The first kappa shape index (κ1) is 18.6. The van der Waals surface area contributed by atoms with E-state index < -0.39 is 17.3 Å². The van der Waals surface area contributed by atoms with Crippen molar-refractivity contribution in [2.24, 2.45) is 0 Å². The third-order valence-electron chi connectivity index (χ3n) is 4.80. The summed E-state index contributed by atoms with van der Waals surface area (Å²) in [4.78, 5) is 13.8. The Kier molecular flexibility index (Phi) is 4.22. The van der Waals surface area contributed by atoms with E-state index in [1.807, 2.05) is 0 Å². The maximum Gasteiger partial charge on any atom is 0.416 e. The van der Waals surface area contributed by atoms with Gasteiger partial charge >= 0.3 is 6.18 Å². The molecule has 0 aliphatic carbocycles. The van der Waals surface area contributed by atoms with Crippen LogP contribution in [0.4, 0.5) is 13.2 Å². The quantitative estimate of drug-likeness (QED) is 0.805. The van der Waals surface area contributed by atoms with Gasteiger partial charge in [0.1, 0.15) is 17.0 Å². The minimum atomic E-state index is -4.53. The van der Waals surface area contributed by atoms with E-state index >= 15 is 0 Å². The number of carbonyl (C=O) groups excluding carboxylic acids is 1. The lowest BCUT2D eigenvalue weighted by Crippen LogP contribution is -2.44. The fraction of sp³-hybridized carbons (Fsp3) is 0.500. The van der Waals surface area contributed by atoms with E-state index in [1.165, 1.54) is 24.9 Å². The number of alkyl halides is 3. The monoisotopic (exact) mass is 370 g/mol. The lowest BCUT2D eigenvalue weighted by Gasteiger charge is -2.41. The predicted molar refractivity (Wildman–Crippen MR) is 88.3 cm³/mol. The second kappa shape index (κ2) is 5.90. The molecule has 1 saturated heterocycles. The highest BCUT2D eigenvalue weighted by Crippen LogP contribution is 2.48. The number of hydrogen-bond acceptors (Lipinski definition) is 4. The lowest BCUT2D eigenvalue weighted by atomic mass is 9.89. The Bertz CT molecular complexity index is 798. The molecular formula is C18H21F3N2O3.